The van der Waals surface area contributed by atoms with Crippen LogP contribution in [0.5, 0.6) is 0 Å². The van der Waals surface area contributed by atoms with Gasteiger partial charge in [0.15, 0.2) is 0 Å². The van der Waals surface area contributed by atoms with Gasteiger partial charge in [-0.3, -0.25) is 0 Å². The van der Waals surface area contributed by atoms with Crippen LogP contribution in [0.3, 0.4) is 0 Å². The Morgan fingerprint density at radius 3 is 2.29 bits per heavy atom. The molecular weight excluding hydrogens is 297 g/mol. The molecule has 0 spiro atoms. The Morgan fingerprint density at radius 1 is 1.00 bits per heavy atom. The first-order valence-corrected chi connectivity index (χ1v) is 7.35. The fourth-order valence-corrected chi connectivity index (χ4v) is 3.45. The predicted octanol–water partition coefficient (Wildman–Crippen LogP) is 5.19. The zero-order chi connectivity index (χ0) is 15.0. The summed E-state index contributed by atoms with van der Waals surface area (Å²) in [5.41, 5.74) is 2.21. The Kier molecular flexibility index (Phi) is 3.94. The van der Waals surface area contributed by atoms with E-state index in [1.165, 1.54) is 11.1 Å². The lowest BCUT2D eigenvalue weighted by Gasteiger charge is -2.28. The molecule has 0 heterocycles. The van der Waals surface area contributed by atoms with Gasteiger partial charge in [-0.2, -0.15) is 0 Å². The van der Waals surface area contributed by atoms with E-state index in [4.69, 9.17) is 11.6 Å². The third kappa shape index (κ3) is 2.80. The second kappa shape index (κ2) is 5.72. The van der Waals surface area contributed by atoms with Gasteiger partial charge in [0.1, 0.15) is 17.5 Å². The lowest BCUT2D eigenvalue weighted by Crippen LogP contribution is -2.20. The van der Waals surface area contributed by atoms with E-state index >= 15 is 0 Å². The number of benzene rings is 2. The van der Waals surface area contributed by atoms with Crippen LogP contribution in [0.25, 0.3) is 0 Å². The van der Waals surface area contributed by atoms with Crippen molar-refractivity contribution in [2.45, 2.75) is 24.6 Å². The van der Waals surface area contributed by atoms with E-state index in [1.807, 2.05) is 18.2 Å². The highest BCUT2D eigenvalue weighted by Gasteiger charge is 2.30. The van der Waals surface area contributed by atoms with Crippen molar-refractivity contribution in [3.05, 3.63) is 70.5 Å². The maximum Gasteiger partial charge on any atom is 0.133 e. The van der Waals surface area contributed by atoms with Crippen LogP contribution in [-0.4, -0.2) is 0 Å². The highest BCUT2D eigenvalue weighted by atomic mass is 35.5. The molecule has 1 aliphatic rings. The first kappa shape index (κ1) is 14.5. The van der Waals surface area contributed by atoms with Gasteiger partial charge in [0.2, 0.25) is 0 Å². The average Bonchev–Trinajstić information content (AvgIpc) is 2.45. The third-order valence-electron chi connectivity index (χ3n) is 4.12. The lowest BCUT2D eigenvalue weighted by molar-refractivity contribution is 0.418. The first-order chi connectivity index (χ1) is 10.1. The fraction of sp³-hybridized carbons (Fsp3) is 0.294. The number of hydrogen-bond donors (Lipinski definition) is 0. The topological polar surface area (TPSA) is 0 Å². The molecule has 0 bridgehead atoms. The summed E-state index contributed by atoms with van der Waals surface area (Å²) in [7, 11) is 0. The summed E-state index contributed by atoms with van der Waals surface area (Å²) in [6.45, 7) is 0. The zero-order valence-corrected chi connectivity index (χ0v) is 12.0. The van der Waals surface area contributed by atoms with Crippen LogP contribution in [0, 0.1) is 23.4 Å². The van der Waals surface area contributed by atoms with Crippen LogP contribution in [0.15, 0.2) is 36.4 Å². The van der Waals surface area contributed by atoms with E-state index in [0.717, 1.165) is 12.8 Å². The molecular formula is C17H14ClF3. The second-order valence-corrected chi connectivity index (χ2v) is 5.93. The van der Waals surface area contributed by atoms with Crippen molar-refractivity contribution in [1.29, 1.82) is 0 Å². The Bertz CT molecular complexity index is 646. The van der Waals surface area contributed by atoms with E-state index in [0.29, 0.717) is 18.6 Å². The van der Waals surface area contributed by atoms with Gasteiger partial charge in [0.05, 0.1) is 5.38 Å². The SMILES string of the molecule is Fc1cc(F)c(C(Cl)C2CCc3ccccc3C2)c(F)c1. The summed E-state index contributed by atoms with van der Waals surface area (Å²) in [6, 6.07) is 9.38. The monoisotopic (exact) mass is 310 g/mol. The molecule has 110 valence electrons. The van der Waals surface area contributed by atoms with Crippen LogP contribution in [0.2, 0.25) is 0 Å². The number of rotatable bonds is 2. The highest BCUT2D eigenvalue weighted by molar-refractivity contribution is 6.21. The average molecular weight is 311 g/mol. The fourth-order valence-electron chi connectivity index (χ4n) is 3.03. The summed E-state index contributed by atoms with van der Waals surface area (Å²) in [5, 5.41) is -0.793. The normalized spacial score (nSPS) is 19.1. The molecule has 21 heavy (non-hydrogen) atoms. The number of alkyl halides is 1. The Balaban J connectivity index is 1.89. The largest absolute Gasteiger partial charge is 0.207 e. The summed E-state index contributed by atoms with van der Waals surface area (Å²) in [5.74, 6) is -2.81. The highest BCUT2D eigenvalue weighted by Crippen LogP contribution is 2.40. The molecule has 2 aromatic carbocycles. The zero-order valence-electron chi connectivity index (χ0n) is 11.3. The van der Waals surface area contributed by atoms with Crippen LogP contribution >= 0.6 is 11.6 Å². The van der Waals surface area contributed by atoms with Crippen molar-refractivity contribution in [3.63, 3.8) is 0 Å². The summed E-state index contributed by atoms with van der Waals surface area (Å²) in [6.07, 6.45) is 2.29. The number of aryl methyl sites for hydroxylation is 1. The molecule has 0 nitrogen and oxygen atoms in total. The number of halogens is 4. The standard InChI is InChI=1S/C17H14ClF3/c18-17(16-14(20)8-13(19)9-15(16)21)12-6-5-10-3-1-2-4-11(10)7-12/h1-4,8-9,12,17H,5-7H2. The number of fused-ring (bicyclic) bond motifs is 1. The van der Waals surface area contributed by atoms with Gasteiger partial charge in [-0.05, 0) is 36.3 Å². The minimum absolute atomic E-state index is 0.0592. The predicted molar refractivity (Wildman–Crippen MR) is 76.9 cm³/mol. The molecule has 3 rings (SSSR count). The molecule has 2 aromatic rings. The molecule has 0 aromatic heterocycles. The van der Waals surface area contributed by atoms with E-state index in [9.17, 15) is 13.2 Å². The van der Waals surface area contributed by atoms with Gasteiger partial charge in [-0.15, -0.1) is 11.6 Å². The molecule has 0 fully saturated rings. The van der Waals surface area contributed by atoms with E-state index < -0.39 is 22.8 Å². The molecule has 0 aliphatic heterocycles. The molecule has 4 heteroatoms. The van der Waals surface area contributed by atoms with Gasteiger partial charge in [-0.1, -0.05) is 24.3 Å². The maximum atomic E-state index is 13.8. The van der Waals surface area contributed by atoms with E-state index in [-0.39, 0.29) is 11.5 Å². The molecule has 1 aliphatic carbocycles. The molecule has 2 unspecified atom stereocenters. The van der Waals surface area contributed by atoms with E-state index in [1.54, 1.807) is 0 Å². The Morgan fingerprint density at radius 2 is 1.62 bits per heavy atom. The van der Waals surface area contributed by atoms with Gasteiger partial charge < -0.3 is 0 Å². The van der Waals surface area contributed by atoms with Crippen LogP contribution in [-0.2, 0) is 12.8 Å². The lowest BCUT2D eigenvalue weighted by atomic mass is 9.80. The summed E-state index contributed by atoms with van der Waals surface area (Å²) >= 11 is 6.31. The molecule has 0 saturated carbocycles. The van der Waals surface area contributed by atoms with Crippen molar-refractivity contribution in [1.82, 2.24) is 0 Å². The van der Waals surface area contributed by atoms with Crippen LogP contribution in [0.1, 0.15) is 28.5 Å². The minimum Gasteiger partial charge on any atom is -0.207 e. The van der Waals surface area contributed by atoms with E-state index in [2.05, 4.69) is 6.07 Å². The smallest absolute Gasteiger partial charge is 0.133 e. The van der Waals surface area contributed by atoms with Crippen molar-refractivity contribution in [2.75, 3.05) is 0 Å². The second-order valence-electron chi connectivity index (χ2n) is 5.46. The molecule has 0 amide bonds. The summed E-state index contributed by atoms with van der Waals surface area (Å²) in [4.78, 5) is 0. The van der Waals surface area contributed by atoms with Gasteiger partial charge in [0.25, 0.3) is 0 Å². The molecule has 0 radical (unpaired) electrons. The quantitative estimate of drug-likeness (QED) is 0.670. The molecule has 2 atom stereocenters. The Labute approximate surface area is 126 Å². The number of hydrogen-bond acceptors (Lipinski definition) is 0. The molecule has 0 N–H and O–H groups in total. The Hall–Kier alpha value is -1.48. The van der Waals surface area contributed by atoms with Gasteiger partial charge in [-0.25, -0.2) is 13.2 Å². The molecule has 0 saturated heterocycles. The van der Waals surface area contributed by atoms with Crippen LogP contribution in [0.4, 0.5) is 13.2 Å². The third-order valence-corrected chi connectivity index (χ3v) is 4.69. The van der Waals surface area contributed by atoms with Crippen molar-refractivity contribution in [2.24, 2.45) is 5.92 Å². The van der Waals surface area contributed by atoms with Crippen LogP contribution < -0.4 is 0 Å². The van der Waals surface area contributed by atoms with Gasteiger partial charge in [0, 0.05) is 17.7 Å². The van der Waals surface area contributed by atoms with Crippen molar-refractivity contribution >= 4 is 11.6 Å². The summed E-state index contributed by atoms with van der Waals surface area (Å²) < 4.78 is 40.7. The van der Waals surface area contributed by atoms with Gasteiger partial charge >= 0.3 is 0 Å². The minimum atomic E-state index is -0.924. The first-order valence-electron chi connectivity index (χ1n) is 6.91. The van der Waals surface area contributed by atoms with Crippen molar-refractivity contribution < 1.29 is 13.2 Å². The maximum absolute atomic E-state index is 13.8. The van der Waals surface area contributed by atoms with Crippen molar-refractivity contribution in [3.8, 4) is 0 Å².